The highest BCUT2D eigenvalue weighted by Gasteiger charge is 2.20. The van der Waals surface area contributed by atoms with Crippen LogP contribution in [0.15, 0.2) is 18.3 Å². The van der Waals surface area contributed by atoms with Gasteiger partial charge in [0.1, 0.15) is 11.3 Å². The zero-order valence-electron chi connectivity index (χ0n) is 9.45. The second-order valence-corrected chi connectivity index (χ2v) is 3.99. The van der Waals surface area contributed by atoms with Crippen molar-refractivity contribution in [2.45, 2.75) is 12.8 Å². The van der Waals surface area contributed by atoms with Gasteiger partial charge in [-0.3, -0.25) is 9.78 Å². The summed E-state index contributed by atoms with van der Waals surface area (Å²) in [6.45, 7) is 0. The van der Waals surface area contributed by atoms with Crippen LogP contribution in [0.2, 0.25) is 0 Å². The van der Waals surface area contributed by atoms with Crippen LogP contribution >= 0.6 is 0 Å². The van der Waals surface area contributed by atoms with Crippen molar-refractivity contribution in [3.63, 3.8) is 0 Å². The summed E-state index contributed by atoms with van der Waals surface area (Å²) in [5.41, 5.74) is 1.93. The minimum atomic E-state index is 0.0234. The Kier molecular flexibility index (Phi) is 2.18. The van der Waals surface area contributed by atoms with Gasteiger partial charge in [-0.25, -0.2) is 4.98 Å². The Hall–Kier alpha value is -2.17. The average molecular weight is 228 g/mol. The number of carbonyl (C=O) groups is 1. The highest BCUT2D eigenvalue weighted by atomic mass is 16.1. The van der Waals surface area contributed by atoms with Crippen molar-refractivity contribution in [3.8, 4) is 0 Å². The summed E-state index contributed by atoms with van der Waals surface area (Å²) in [5.74, 6) is 1.38. The summed E-state index contributed by atoms with van der Waals surface area (Å²) in [6, 6.07) is 3.92. The number of rotatable bonds is 1. The molecule has 17 heavy (non-hydrogen) atoms. The van der Waals surface area contributed by atoms with Gasteiger partial charge in [0, 0.05) is 30.6 Å². The standard InChI is InChI=1S/C12H12N4O/c1-13-12-10-7(3-2-6-14-10)8-4-5-9(17)15-11(8)16-12/h2-3,6H,4-5H2,1H3,(H2,13,15,16,17). The Morgan fingerprint density at radius 3 is 3.12 bits per heavy atom. The molecule has 0 saturated heterocycles. The molecule has 2 aromatic rings. The van der Waals surface area contributed by atoms with Crippen molar-refractivity contribution in [1.82, 2.24) is 9.97 Å². The van der Waals surface area contributed by atoms with Gasteiger partial charge in [0.05, 0.1) is 0 Å². The van der Waals surface area contributed by atoms with Crippen molar-refractivity contribution in [2.24, 2.45) is 0 Å². The van der Waals surface area contributed by atoms with E-state index in [4.69, 9.17) is 0 Å². The normalized spacial score (nSPS) is 14.3. The smallest absolute Gasteiger partial charge is 0.225 e. The summed E-state index contributed by atoms with van der Waals surface area (Å²) in [6.07, 6.45) is 2.98. The van der Waals surface area contributed by atoms with E-state index in [2.05, 4.69) is 20.6 Å². The van der Waals surface area contributed by atoms with E-state index in [1.165, 1.54) is 0 Å². The van der Waals surface area contributed by atoms with E-state index in [1.807, 2.05) is 12.1 Å². The minimum Gasteiger partial charge on any atom is -0.371 e. The van der Waals surface area contributed by atoms with Crippen molar-refractivity contribution < 1.29 is 4.79 Å². The van der Waals surface area contributed by atoms with E-state index in [9.17, 15) is 4.79 Å². The number of hydrogen-bond donors (Lipinski definition) is 2. The van der Waals surface area contributed by atoms with Crippen LogP contribution in [0.4, 0.5) is 11.6 Å². The fourth-order valence-electron chi connectivity index (χ4n) is 2.16. The molecule has 2 aromatic heterocycles. The summed E-state index contributed by atoms with van der Waals surface area (Å²) in [4.78, 5) is 20.1. The van der Waals surface area contributed by atoms with Gasteiger partial charge in [0.2, 0.25) is 5.91 Å². The van der Waals surface area contributed by atoms with Crippen molar-refractivity contribution in [3.05, 3.63) is 23.9 Å². The highest BCUT2D eigenvalue weighted by Crippen LogP contribution is 2.31. The molecule has 3 rings (SSSR count). The van der Waals surface area contributed by atoms with E-state index in [1.54, 1.807) is 13.2 Å². The van der Waals surface area contributed by atoms with Crippen LogP contribution in [0.25, 0.3) is 10.9 Å². The maximum Gasteiger partial charge on any atom is 0.225 e. The van der Waals surface area contributed by atoms with Gasteiger partial charge in [-0.15, -0.1) is 0 Å². The first-order valence-electron chi connectivity index (χ1n) is 5.55. The molecule has 5 heteroatoms. The predicted octanol–water partition coefficient (Wildman–Crippen LogP) is 1.56. The van der Waals surface area contributed by atoms with Gasteiger partial charge in [-0.05, 0) is 12.5 Å². The first kappa shape index (κ1) is 10.0. The van der Waals surface area contributed by atoms with Gasteiger partial charge >= 0.3 is 0 Å². The quantitative estimate of drug-likeness (QED) is 0.777. The zero-order chi connectivity index (χ0) is 11.8. The van der Waals surface area contributed by atoms with Gasteiger partial charge in [0.25, 0.3) is 0 Å². The topological polar surface area (TPSA) is 66.9 Å². The number of fused-ring (bicyclic) bond motifs is 3. The monoisotopic (exact) mass is 228 g/mol. The Morgan fingerprint density at radius 1 is 1.41 bits per heavy atom. The number of carbonyl (C=O) groups excluding carboxylic acids is 1. The molecule has 0 bridgehead atoms. The van der Waals surface area contributed by atoms with E-state index in [0.29, 0.717) is 18.1 Å². The number of hydrogen-bond acceptors (Lipinski definition) is 4. The SMILES string of the molecule is CNc1nc2c(c3cccnc13)CCC(=O)N2. The molecule has 0 spiro atoms. The van der Waals surface area contributed by atoms with Crippen LogP contribution in [0, 0.1) is 0 Å². The lowest BCUT2D eigenvalue weighted by atomic mass is 10.0. The van der Waals surface area contributed by atoms with Gasteiger partial charge in [-0.2, -0.15) is 0 Å². The molecule has 1 aliphatic heterocycles. The molecule has 3 heterocycles. The summed E-state index contributed by atoms with van der Waals surface area (Å²) < 4.78 is 0. The minimum absolute atomic E-state index is 0.0234. The molecule has 0 aromatic carbocycles. The van der Waals surface area contributed by atoms with E-state index < -0.39 is 0 Å². The second kappa shape index (κ2) is 3.69. The summed E-state index contributed by atoms with van der Waals surface area (Å²) in [5, 5.41) is 6.88. The largest absolute Gasteiger partial charge is 0.371 e. The second-order valence-electron chi connectivity index (χ2n) is 3.99. The average Bonchev–Trinajstić information content (AvgIpc) is 2.37. The third kappa shape index (κ3) is 1.51. The highest BCUT2D eigenvalue weighted by molar-refractivity contribution is 6.00. The Balaban J connectivity index is 2.33. The summed E-state index contributed by atoms with van der Waals surface area (Å²) >= 11 is 0. The molecule has 2 N–H and O–H groups in total. The van der Waals surface area contributed by atoms with Gasteiger partial charge in [-0.1, -0.05) is 6.07 Å². The molecule has 0 atom stereocenters. The number of aromatic nitrogens is 2. The van der Waals surface area contributed by atoms with Gasteiger partial charge in [0.15, 0.2) is 5.82 Å². The number of nitrogens with one attached hydrogen (secondary N) is 2. The van der Waals surface area contributed by atoms with E-state index in [0.717, 1.165) is 22.9 Å². The molecule has 5 nitrogen and oxygen atoms in total. The third-order valence-electron chi connectivity index (χ3n) is 2.96. The predicted molar refractivity (Wildman–Crippen MR) is 66.0 cm³/mol. The maximum atomic E-state index is 11.4. The maximum absolute atomic E-state index is 11.4. The van der Waals surface area contributed by atoms with E-state index in [-0.39, 0.29) is 5.91 Å². The van der Waals surface area contributed by atoms with Crippen LogP contribution in [-0.4, -0.2) is 22.9 Å². The number of aryl methyl sites for hydroxylation is 1. The Morgan fingerprint density at radius 2 is 2.29 bits per heavy atom. The zero-order valence-corrected chi connectivity index (χ0v) is 9.45. The summed E-state index contributed by atoms with van der Waals surface area (Å²) in [7, 11) is 1.80. The fourth-order valence-corrected chi connectivity index (χ4v) is 2.16. The van der Waals surface area contributed by atoms with Crippen molar-refractivity contribution in [1.29, 1.82) is 0 Å². The van der Waals surface area contributed by atoms with Crippen LogP contribution in [0.1, 0.15) is 12.0 Å². The van der Waals surface area contributed by atoms with Crippen molar-refractivity contribution >= 4 is 28.4 Å². The number of amides is 1. The van der Waals surface area contributed by atoms with Crippen molar-refractivity contribution in [2.75, 3.05) is 17.7 Å². The molecule has 1 aliphatic rings. The number of anilines is 2. The first-order chi connectivity index (χ1) is 8.29. The molecular weight excluding hydrogens is 216 g/mol. The molecule has 0 radical (unpaired) electrons. The fraction of sp³-hybridized carbons (Fsp3) is 0.250. The molecule has 86 valence electrons. The Labute approximate surface area is 98.3 Å². The Bertz CT molecular complexity index is 609. The third-order valence-corrected chi connectivity index (χ3v) is 2.96. The van der Waals surface area contributed by atoms with Crippen LogP contribution in [0.3, 0.4) is 0 Å². The molecule has 0 saturated carbocycles. The molecular formula is C12H12N4O. The lowest BCUT2D eigenvalue weighted by Crippen LogP contribution is -2.21. The van der Waals surface area contributed by atoms with Crippen LogP contribution < -0.4 is 10.6 Å². The number of pyridine rings is 2. The first-order valence-corrected chi connectivity index (χ1v) is 5.55. The molecule has 0 aliphatic carbocycles. The molecule has 0 unspecified atom stereocenters. The number of nitrogens with zero attached hydrogens (tertiary/aromatic N) is 2. The van der Waals surface area contributed by atoms with Crippen LogP contribution in [-0.2, 0) is 11.2 Å². The lowest BCUT2D eigenvalue weighted by Gasteiger charge is -2.19. The molecule has 0 fully saturated rings. The molecule has 1 amide bonds. The van der Waals surface area contributed by atoms with E-state index >= 15 is 0 Å². The lowest BCUT2D eigenvalue weighted by molar-refractivity contribution is -0.116. The van der Waals surface area contributed by atoms with Crippen LogP contribution in [0.5, 0.6) is 0 Å². The van der Waals surface area contributed by atoms with Gasteiger partial charge < -0.3 is 10.6 Å².